The molecule has 1 aromatic heterocycles. The fraction of sp³-hybridized carbons (Fsp3) is 0.643. The maximum absolute atomic E-state index is 5.72. The molecule has 0 amide bonds. The first-order valence-electron chi connectivity index (χ1n) is 6.42. The molecule has 0 bridgehead atoms. The van der Waals surface area contributed by atoms with Gasteiger partial charge in [0.25, 0.3) is 0 Å². The summed E-state index contributed by atoms with van der Waals surface area (Å²) in [7, 11) is 0. The molecule has 100 valence electrons. The third-order valence-electron chi connectivity index (χ3n) is 2.86. The summed E-state index contributed by atoms with van der Waals surface area (Å²) in [4.78, 5) is 4.40. The lowest BCUT2D eigenvalue weighted by atomic mass is 10.1. The normalized spacial score (nSPS) is 16.6. The second-order valence-electron chi connectivity index (χ2n) is 5.68. The smallest absolute Gasteiger partial charge is 0.105 e. The van der Waals surface area contributed by atoms with Crippen LogP contribution in [0.4, 0.5) is 0 Å². The van der Waals surface area contributed by atoms with E-state index in [0.29, 0.717) is 19.8 Å². The van der Waals surface area contributed by atoms with Gasteiger partial charge in [0.05, 0.1) is 25.5 Å². The molecule has 1 fully saturated rings. The van der Waals surface area contributed by atoms with Crippen LogP contribution in [0.5, 0.6) is 0 Å². The highest BCUT2D eigenvalue weighted by Gasteiger charge is 2.19. The van der Waals surface area contributed by atoms with E-state index < -0.39 is 0 Å². The Hall–Kier alpha value is -0.970. The molecule has 1 N–H and O–H groups in total. The summed E-state index contributed by atoms with van der Waals surface area (Å²) in [6.45, 7) is 9.28. The lowest BCUT2D eigenvalue weighted by molar-refractivity contribution is -0.136. The van der Waals surface area contributed by atoms with Gasteiger partial charge in [-0.3, -0.25) is 4.98 Å². The Labute approximate surface area is 109 Å². The van der Waals surface area contributed by atoms with Gasteiger partial charge in [-0.1, -0.05) is 6.07 Å². The number of hydrogen-bond donors (Lipinski definition) is 1. The summed E-state index contributed by atoms with van der Waals surface area (Å²) in [6, 6.07) is 4.07. The van der Waals surface area contributed by atoms with Gasteiger partial charge in [-0.15, -0.1) is 0 Å². The summed E-state index contributed by atoms with van der Waals surface area (Å²) in [5, 5.41) is 3.47. The van der Waals surface area contributed by atoms with Crippen molar-refractivity contribution >= 4 is 0 Å². The number of aromatic nitrogens is 1. The molecule has 0 aliphatic carbocycles. The molecule has 0 saturated carbocycles. The Morgan fingerprint density at radius 3 is 2.83 bits per heavy atom. The molecule has 1 aromatic rings. The predicted molar refractivity (Wildman–Crippen MR) is 70.2 cm³/mol. The minimum atomic E-state index is 0.107. The molecule has 0 spiro atoms. The second-order valence-corrected chi connectivity index (χ2v) is 5.68. The van der Waals surface area contributed by atoms with Crippen molar-refractivity contribution in [3.63, 3.8) is 0 Å². The van der Waals surface area contributed by atoms with Crippen LogP contribution in [0.2, 0.25) is 0 Å². The summed E-state index contributed by atoms with van der Waals surface area (Å²) in [5.74, 6) is 0. The van der Waals surface area contributed by atoms with Gasteiger partial charge in [-0.25, -0.2) is 0 Å². The predicted octanol–water partition coefficient (Wildman–Crippen LogP) is 1.89. The Kier molecular flexibility index (Phi) is 4.32. The van der Waals surface area contributed by atoms with Crippen molar-refractivity contribution in [2.24, 2.45) is 0 Å². The van der Waals surface area contributed by atoms with Gasteiger partial charge in [0.2, 0.25) is 0 Å². The molecule has 0 aromatic carbocycles. The average Bonchev–Trinajstić information content (AvgIpc) is 2.24. The third kappa shape index (κ3) is 4.05. The first-order chi connectivity index (χ1) is 8.54. The highest BCUT2D eigenvalue weighted by atomic mass is 16.6. The van der Waals surface area contributed by atoms with E-state index in [2.05, 4.69) is 37.1 Å². The van der Waals surface area contributed by atoms with Crippen molar-refractivity contribution in [2.45, 2.75) is 45.6 Å². The van der Waals surface area contributed by atoms with Crippen molar-refractivity contribution in [1.29, 1.82) is 0 Å². The first-order valence-corrected chi connectivity index (χ1v) is 6.42. The maximum atomic E-state index is 5.72. The van der Waals surface area contributed by atoms with Crippen LogP contribution in [-0.4, -0.2) is 29.8 Å². The lowest BCUT2D eigenvalue weighted by Gasteiger charge is -2.26. The van der Waals surface area contributed by atoms with Crippen molar-refractivity contribution < 1.29 is 9.47 Å². The fourth-order valence-corrected chi connectivity index (χ4v) is 1.63. The third-order valence-corrected chi connectivity index (χ3v) is 2.86. The minimum Gasteiger partial charge on any atom is -0.376 e. The Morgan fingerprint density at radius 2 is 2.22 bits per heavy atom. The van der Waals surface area contributed by atoms with Gasteiger partial charge >= 0.3 is 0 Å². The van der Waals surface area contributed by atoms with Gasteiger partial charge in [0.1, 0.15) is 6.10 Å². The molecule has 4 nitrogen and oxygen atoms in total. The zero-order valence-electron chi connectivity index (χ0n) is 11.4. The van der Waals surface area contributed by atoms with E-state index in [0.717, 1.165) is 12.2 Å². The minimum absolute atomic E-state index is 0.107. The summed E-state index contributed by atoms with van der Waals surface area (Å²) >= 11 is 0. The number of ether oxygens (including phenoxy) is 2. The molecule has 2 rings (SSSR count). The highest BCUT2D eigenvalue weighted by molar-refractivity contribution is 5.19. The average molecular weight is 250 g/mol. The van der Waals surface area contributed by atoms with Crippen molar-refractivity contribution in [2.75, 3.05) is 13.2 Å². The molecule has 1 saturated heterocycles. The van der Waals surface area contributed by atoms with Crippen molar-refractivity contribution in [3.05, 3.63) is 29.6 Å². The number of nitrogens with zero attached hydrogens (tertiary/aromatic N) is 1. The molecular weight excluding hydrogens is 228 g/mol. The fourth-order valence-electron chi connectivity index (χ4n) is 1.63. The topological polar surface area (TPSA) is 43.4 Å². The Balaban J connectivity index is 1.91. The van der Waals surface area contributed by atoms with Crippen molar-refractivity contribution in [3.8, 4) is 0 Å². The van der Waals surface area contributed by atoms with E-state index in [4.69, 9.17) is 9.47 Å². The van der Waals surface area contributed by atoms with Gasteiger partial charge < -0.3 is 14.8 Å². The van der Waals surface area contributed by atoms with Crippen LogP contribution >= 0.6 is 0 Å². The van der Waals surface area contributed by atoms with Crippen LogP contribution in [0.25, 0.3) is 0 Å². The summed E-state index contributed by atoms with van der Waals surface area (Å²) in [6.07, 6.45) is 2.06. The SMILES string of the molecule is CC(C)(C)NCc1cccnc1COC1COC1. The van der Waals surface area contributed by atoms with Crippen molar-refractivity contribution in [1.82, 2.24) is 10.3 Å². The lowest BCUT2D eigenvalue weighted by Crippen LogP contribution is -2.36. The molecule has 0 atom stereocenters. The van der Waals surface area contributed by atoms with Crippen LogP contribution in [0.3, 0.4) is 0 Å². The number of nitrogens with one attached hydrogen (secondary N) is 1. The van der Waals surface area contributed by atoms with E-state index in [9.17, 15) is 0 Å². The molecule has 1 aliphatic heterocycles. The van der Waals surface area contributed by atoms with Crippen LogP contribution in [-0.2, 0) is 22.6 Å². The monoisotopic (exact) mass is 250 g/mol. The standard InChI is InChI=1S/C14H22N2O2/c1-14(2,3)16-7-11-5-4-6-15-13(11)10-18-12-8-17-9-12/h4-6,12,16H,7-10H2,1-3H3. The van der Waals surface area contributed by atoms with Crippen LogP contribution in [0.1, 0.15) is 32.0 Å². The molecular formula is C14H22N2O2. The van der Waals surface area contributed by atoms with Gasteiger partial charge in [-0.05, 0) is 32.4 Å². The van der Waals surface area contributed by atoms with Crippen LogP contribution < -0.4 is 5.32 Å². The van der Waals surface area contributed by atoms with Gasteiger partial charge in [-0.2, -0.15) is 0 Å². The van der Waals surface area contributed by atoms with Crippen LogP contribution in [0, 0.1) is 0 Å². The molecule has 0 radical (unpaired) electrons. The number of rotatable bonds is 5. The van der Waals surface area contributed by atoms with E-state index >= 15 is 0 Å². The second kappa shape index (κ2) is 5.78. The summed E-state index contributed by atoms with van der Waals surface area (Å²) < 4.78 is 10.8. The first kappa shape index (κ1) is 13.5. The molecule has 18 heavy (non-hydrogen) atoms. The highest BCUT2D eigenvalue weighted by Crippen LogP contribution is 2.13. The Morgan fingerprint density at radius 1 is 1.44 bits per heavy atom. The molecule has 0 unspecified atom stereocenters. The summed E-state index contributed by atoms with van der Waals surface area (Å²) in [5.41, 5.74) is 2.32. The van der Waals surface area contributed by atoms with E-state index in [1.807, 2.05) is 12.3 Å². The quantitative estimate of drug-likeness (QED) is 0.866. The van der Waals surface area contributed by atoms with E-state index in [-0.39, 0.29) is 11.6 Å². The van der Waals surface area contributed by atoms with E-state index in [1.54, 1.807) is 0 Å². The number of pyridine rings is 1. The largest absolute Gasteiger partial charge is 0.376 e. The molecule has 1 aliphatic rings. The zero-order valence-corrected chi connectivity index (χ0v) is 11.4. The van der Waals surface area contributed by atoms with Gasteiger partial charge in [0.15, 0.2) is 0 Å². The Bertz CT molecular complexity index is 384. The van der Waals surface area contributed by atoms with E-state index in [1.165, 1.54) is 5.56 Å². The molecule has 2 heterocycles. The molecule has 4 heteroatoms. The zero-order chi connectivity index (χ0) is 13.0. The van der Waals surface area contributed by atoms with Gasteiger partial charge in [0, 0.05) is 18.3 Å². The maximum Gasteiger partial charge on any atom is 0.105 e. The number of hydrogen-bond acceptors (Lipinski definition) is 4. The van der Waals surface area contributed by atoms with Crippen LogP contribution in [0.15, 0.2) is 18.3 Å².